The number of rotatable bonds is 4. The summed E-state index contributed by atoms with van der Waals surface area (Å²) in [6, 6.07) is 2.29. The van der Waals surface area contributed by atoms with Gasteiger partial charge in [-0.1, -0.05) is 5.16 Å². The smallest absolute Gasteiger partial charge is 0.339 e. The molecule has 0 spiro atoms. The zero-order chi connectivity index (χ0) is 20.1. The molecule has 0 bridgehead atoms. The van der Waals surface area contributed by atoms with Gasteiger partial charge in [-0.25, -0.2) is 9.67 Å². The van der Waals surface area contributed by atoms with E-state index in [0.29, 0.717) is 29.6 Å². The molecule has 1 fully saturated rings. The van der Waals surface area contributed by atoms with Gasteiger partial charge >= 0.3 is 6.18 Å². The van der Waals surface area contributed by atoms with Gasteiger partial charge in [-0.15, -0.1) is 0 Å². The van der Waals surface area contributed by atoms with E-state index in [0.717, 1.165) is 42.8 Å². The van der Waals surface area contributed by atoms with E-state index in [9.17, 15) is 13.2 Å². The Kier molecular flexibility index (Phi) is 4.25. The molecule has 28 heavy (non-hydrogen) atoms. The minimum atomic E-state index is -4.43. The summed E-state index contributed by atoms with van der Waals surface area (Å²) in [6.07, 6.45) is -0.548. The monoisotopic (exact) mass is 392 g/mol. The topological polar surface area (TPSA) is 95.7 Å². The zero-order valence-electron chi connectivity index (χ0n) is 15.4. The van der Waals surface area contributed by atoms with Crippen molar-refractivity contribution in [2.45, 2.75) is 51.2 Å². The molecule has 0 aliphatic heterocycles. The predicted octanol–water partition coefficient (Wildman–Crippen LogP) is 3.21. The van der Waals surface area contributed by atoms with E-state index in [1.165, 1.54) is 10.7 Å². The second-order valence-corrected chi connectivity index (χ2v) is 7.16. The maximum absolute atomic E-state index is 12.7. The van der Waals surface area contributed by atoms with Gasteiger partial charge in [0.15, 0.2) is 11.6 Å². The van der Waals surface area contributed by atoms with E-state index in [1.54, 1.807) is 0 Å². The van der Waals surface area contributed by atoms with Gasteiger partial charge in [-0.2, -0.15) is 23.3 Å². The predicted molar refractivity (Wildman–Crippen MR) is 92.7 cm³/mol. The van der Waals surface area contributed by atoms with Crippen molar-refractivity contribution in [1.29, 1.82) is 0 Å². The van der Waals surface area contributed by atoms with Gasteiger partial charge in [0.05, 0.1) is 23.2 Å². The largest absolute Gasteiger partial charge is 0.417 e. The summed E-state index contributed by atoms with van der Waals surface area (Å²) in [7, 11) is 0. The standard InChI is InChI=1S/C18H19F3N6O/c1-10-13(8-15-24-16(26-28-15)17(22)6-3-7-17)11(2)27(25-10)14-5-4-12(9-23-14)18(19,20)21/h4-5,9H,3,6-8,22H2,1-2H3. The van der Waals surface area contributed by atoms with Gasteiger partial charge in [0.1, 0.15) is 0 Å². The van der Waals surface area contributed by atoms with Crippen LogP contribution in [0.1, 0.15) is 53.5 Å². The molecule has 3 aromatic rings. The molecule has 0 amide bonds. The lowest BCUT2D eigenvalue weighted by Crippen LogP contribution is -2.44. The summed E-state index contributed by atoms with van der Waals surface area (Å²) in [6.45, 7) is 3.64. The van der Waals surface area contributed by atoms with E-state index >= 15 is 0 Å². The Morgan fingerprint density at radius 2 is 2.00 bits per heavy atom. The van der Waals surface area contributed by atoms with Gasteiger partial charge in [0.2, 0.25) is 5.89 Å². The lowest BCUT2D eigenvalue weighted by atomic mass is 9.77. The average Bonchev–Trinajstić information content (AvgIpc) is 3.19. The fourth-order valence-electron chi connectivity index (χ4n) is 3.29. The Balaban J connectivity index is 1.59. The quantitative estimate of drug-likeness (QED) is 0.733. The maximum Gasteiger partial charge on any atom is 0.417 e. The number of aromatic nitrogens is 5. The summed E-state index contributed by atoms with van der Waals surface area (Å²) < 4.78 is 45.1. The van der Waals surface area contributed by atoms with Crippen LogP contribution in [0.4, 0.5) is 13.2 Å². The van der Waals surface area contributed by atoms with Gasteiger partial charge in [-0.3, -0.25) is 0 Å². The van der Waals surface area contributed by atoms with Crippen molar-refractivity contribution < 1.29 is 17.7 Å². The van der Waals surface area contributed by atoms with Crippen LogP contribution < -0.4 is 5.73 Å². The summed E-state index contributed by atoms with van der Waals surface area (Å²) in [5, 5.41) is 8.42. The summed E-state index contributed by atoms with van der Waals surface area (Å²) >= 11 is 0. The highest BCUT2D eigenvalue weighted by Crippen LogP contribution is 2.37. The number of nitrogens with zero attached hydrogens (tertiary/aromatic N) is 5. The van der Waals surface area contributed by atoms with Crippen LogP contribution in [0.25, 0.3) is 5.82 Å². The molecular formula is C18H19F3N6O. The number of pyridine rings is 1. The fourth-order valence-corrected chi connectivity index (χ4v) is 3.29. The van der Waals surface area contributed by atoms with Crippen LogP contribution in [0.5, 0.6) is 0 Å². The molecule has 3 aromatic heterocycles. The Morgan fingerprint density at radius 3 is 2.57 bits per heavy atom. The molecule has 7 nitrogen and oxygen atoms in total. The third-order valence-electron chi connectivity index (χ3n) is 5.22. The van der Waals surface area contributed by atoms with Gasteiger partial charge < -0.3 is 10.3 Å². The SMILES string of the molecule is Cc1nn(-c2ccc(C(F)(F)F)cn2)c(C)c1Cc1nc(C2(N)CCC2)no1. The van der Waals surface area contributed by atoms with Crippen LogP contribution in [0.3, 0.4) is 0 Å². The van der Waals surface area contributed by atoms with E-state index < -0.39 is 17.3 Å². The first kappa shape index (κ1) is 18.6. The van der Waals surface area contributed by atoms with Crippen LogP contribution in [0.2, 0.25) is 0 Å². The number of hydrogen-bond acceptors (Lipinski definition) is 6. The first-order valence-corrected chi connectivity index (χ1v) is 8.88. The first-order valence-electron chi connectivity index (χ1n) is 8.88. The van der Waals surface area contributed by atoms with Crippen LogP contribution in [0, 0.1) is 13.8 Å². The number of nitrogens with two attached hydrogens (primary N) is 1. The number of aryl methyl sites for hydroxylation is 1. The van der Waals surface area contributed by atoms with E-state index in [-0.39, 0.29) is 0 Å². The molecule has 0 unspecified atom stereocenters. The fraction of sp³-hybridized carbons (Fsp3) is 0.444. The maximum atomic E-state index is 12.7. The summed E-state index contributed by atoms with van der Waals surface area (Å²) in [5.74, 6) is 1.25. The van der Waals surface area contributed by atoms with Crippen LogP contribution >= 0.6 is 0 Å². The zero-order valence-corrected chi connectivity index (χ0v) is 15.4. The van der Waals surface area contributed by atoms with Crippen molar-refractivity contribution in [3.8, 4) is 5.82 Å². The molecule has 1 aliphatic rings. The Hall–Kier alpha value is -2.75. The highest BCUT2D eigenvalue weighted by Gasteiger charge is 2.39. The van der Waals surface area contributed by atoms with Crippen molar-refractivity contribution in [2.24, 2.45) is 5.73 Å². The second-order valence-electron chi connectivity index (χ2n) is 7.16. The molecule has 1 aliphatic carbocycles. The minimum absolute atomic E-state index is 0.307. The molecular weight excluding hydrogens is 373 g/mol. The molecule has 2 N–H and O–H groups in total. The van der Waals surface area contributed by atoms with Crippen molar-refractivity contribution in [2.75, 3.05) is 0 Å². The van der Waals surface area contributed by atoms with E-state index in [1.807, 2.05) is 13.8 Å². The molecule has 148 valence electrons. The molecule has 3 heterocycles. The lowest BCUT2D eigenvalue weighted by Gasteiger charge is -2.34. The molecule has 1 saturated carbocycles. The molecule has 4 rings (SSSR count). The van der Waals surface area contributed by atoms with Crippen molar-refractivity contribution >= 4 is 0 Å². The number of hydrogen-bond donors (Lipinski definition) is 1. The molecule has 10 heteroatoms. The van der Waals surface area contributed by atoms with E-state index in [2.05, 4.69) is 20.2 Å². The lowest BCUT2D eigenvalue weighted by molar-refractivity contribution is -0.137. The Bertz CT molecular complexity index is 1000. The minimum Gasteiger partial charge on any atom is -0.339 e. The van der Waals surface area contributed by atoms with Gasteiger partial charge in [-0.05, 0) is 45.2 Å². The number of alkyl halides is 3. The molecule has 0 atom stereocenters. The van der Waals surface area contributed by atoms with Crippen LogP contribution in [-0.4, -0.2) is 24.9 Å². The highest BCUT2D eigenvalue weighted by atomic mass is 19.4. The second kappa shape index (κ2) is 6.40. The number of halogens is 3. The Labute approximate surface area is 158 Å². The van der Waals surface area contributed by atoms with E-state index in [4.69, 9.17) is 10.3 Å². The summed E-state index contributed by atoms with van der Waals surface area (Å²) in [4.78, 5) is 8.33. The molecule has 0 saturated heterocycles. The normalized spacial score (nSPS) is 16.2. The van der Waals surface area contributed by atoms with Crippen molar-refractivity contribution in [3.05, 3.63) is 52.6 Å². The third kappa shape index (κ3) is 3.17. The van der Waals surface area contributed by atoms with Gasteiger partial charge in [0.25, 0.3) is 0 Å². The molecule has 0 aromatic carbocycles. The molecule has 0 radical (unpaired) electrons. The Morgan fingerprint density at radius 1 is 1.25 bits per heavy atom. The third-order valence-corrected chi connectivity index (χ3v) is 5.22. The highest BCUT2D eigenvalue weighted by molar-refractivity contribution is 5.35. The van der Waals surface area contributed by atoms with Crippen molar-refractivity contribution in [1.82, 2.24) is 24.9 Å². The first-order chi connectivity index (χ1) is 13.2. The van der Waals surface area contributed by atoms with Crippen LogP contribution in [0.15, 0.2) is 22.9 Å². The summed E-state index contributed by atoms with van der Waals surface area (Å²) in [5.41, 5.74) is 7.24. The average molecular weight is 392 g/mol. The van der Waals surface area contributed by atoms with Crippen molar-refractivity contribution in [3.63, 3.8) is 0 Å². The van der Waals surface area contributed by atoms with Crippen LogP contribution in [-0.2, 0) is 18.1 Å². The van der Waals surface area contributed by atoms with Gasteiger partial charge in [0, 0.05) is 17.5 Å².